The Bertz CT molecular complexity index is 549. The monoisotopic (exact) mass is 307 g/mol. The number of benzene rings is 2. The van der Waals surface area contributed by atoms with Crippen LogP contribution in [0.4, 0.5) is 5.69 Å². The normalized spacial score (nSPS) is 10.7. The van der Waals surface area contributed by atoms with E-state index in [9.17, 15) is 0 Å². The molecule has 96 valence electrons. The maximum atomic E-state index is 5.46. The number of anilines is 1. The standard InChI is InChI=1S/C15H18BrNO/c1-4-17(5-2)15-12-9-7-6-8-11(12)10-13(18-3)14(15)16/h6-10H,4-5H2,1-3H3. The Kier molecular flexibility index (Phi) is 4.12. The SMILES string of the molecule is CCN(CC)c1c(Br)c(OC)cc2ccccc12. The van der Waals surface area contributed by atoms with Crippen molar-refractivity contribution in [3.05, 3.63) is 34.8 Å². The summed E-state index contributed by atoms with van der Waals surface area (Å²) in [5.74, 6) is 0.885. The van der Waals surface area contributed by atoms with Gasteiger partial charge in [0, 0.05) is 18.5 Å². The van der Waals surface area contributed by atoms with Crippen molar-refractivity contribution in [2.24, 2.45) is 0 Å². The number of methoxy groups -OCH3 is 1. The van der Waals surface area contributed by atoms with Crippen molar-refractivity contribution < 1.29 is 4.74 Å². The molecule has 0 saturated heterocycles. The number of ether oxygens (including phenoxy) is 1. The quantitative estimate of drug-likeness (QED) is 0.827. The molecule has 0 aliphatic carbocycles. The molecular weight excluding hydrogens is 290 g/mol. The van der Waals surface area contributed by atoms with Crippen molar-refractivity contribution in [2.45, 2.75) is 13.8 Å². The molecule has 18 heavy (non-hydrogen) atoms. The van der Waals surface area contributed by atoms with Gasteiger partial charge in [0.15, 0.2) is 0 Å². The molecule has 0 amide bonds. The zero-order valence-electron chi connectivity index (χ0n) is 11.0. The third-order valence-corrected chi connectivity index (χ3v) is 3.99. The van der Waals surface area contributed by atoms with Gasteiger partial charge in [-0.2, -0.15) is 0 Å². The molecule has 3 heteroatoms. The summed E-state index contributed by atoms with van der Waals surface area (Å²) in [5.41, 5.74) is 1.22. The van der Waals surface area contributed by atoms with Crippen LogP contribution in [-0.2, 0) is 0 Å². The smallest absolute Gasteiger partial charge is 0.135 e. The summed E-state index contributed by atoms with van der Waals surface area (Å²) in [4.78, 5) is 2.34. The summed E-state index contributed by atoms with van der Waals surface area (Å²) in [6, 6.07) is 10.5. The minimum atomic E-state index is 0.885. The molecule has 2 nitrogen and oxygen atoms in total. The summed E-state index contributed by atoms with van der Waals surface area (Å²) >= 11 is 3.68. The lowest BCUT2D eigenvalue weighted by atomic mass is 10.1. The molecule has 0 aromatic heterocycles. The number of halogens is 1. The Hall–Kier alpha value is -1.22. The molecule has 0 fully saturated rings. The number of fused-ring (bicyclic) bond motifs is 1. The van der Waals surface area contributed by atoms with E-state index >= 15 is 0 Å². The molecule has 0 aliphatic heterocycles. The molecule has 0 atom stereocenters. The van der Waals surface area contributed by atoms with Crippen molar-refractivity contribution >= 4 is 32.4 Å². The van der Waals surface area contributed by atoms with E-state index in [-0.39, 0.29) is 0 Å². The Morgan fingerprint density at radius 3 is 2.44 bits per heavy atom. The first-order valence-corrected chi connectivity index (χ1v) is 7.02. The predicted octanol–water partition coefficient (Wildman–Crippen LogP) is 4.46. The Morgan fingerprint density at radius 2 is 1.83 bits per heavy atom. The summed E-state index contributed by atoms with van der Waals surface area (Å²) < 4.78 is 6.49. The molecular formula is C15H18BrNO. The lowest BCUT2D eigenvalue weighted by molar-refractivity contribution is 0.413. The molecule has 2 aromatic carbocycles. The van der Waals surface area contributed by atoms with Crippen LogP contribution in [0.25, 0.3) is 10.8 Å². The van der Waals surface area contributed by atoms with Gasteiger partial charge in [-0.05, 0) is 41.2 Å². The number of hydrogen-bond donors (Lipinski definition) is 0. The van der Waals surface area contributed by atoms with Crippen molar-refractivity contribution in [1.29, 1.82) is 0 Å². The maximum absolute atomic E-state index is 5.46. The van der Waals surface area contributed by atoms with Crippen LogP contribution in [0.1, 0.15) is 13.8 Å². The minimum Gasteiger partial charge on any atom is -0.495 e. The van der Waals surface area contributed by atoms with Crippen molar-refractivity contribution in [3.63, 3.8) is 0 Å². The summed E-state index contributed by atoms with van der Waals surface area (Å²) in [5, 5.41) is 2.47. The van der Waals surface area contributed by atoms with Gasteiger partial charge in [0.05, 0.1) is 17.3 Å². The third-order valence-electron chi connectivity index (χ3n) is 3.23. The van der Waals surface area contributed by atoms with Gasteiger partial charge in [-0.3, -0.25) is 0 Å². The zero-order valence-corrected chi connectivity index (χ0v) is 12.6. The molecule has 0 saturated carbocycles. The van der Waals surface area contributed by atoms with E-state index < -0.39 is 0 Å². The van der Waals surface area contributed by atoms with Crippen LogP contribution >= 0.6 is 15.9 Å². The minimum absolute atomic E-state index is 0.885. The molecule has 0 bridgehead atoms. The predicted molar refractivity (Wildman–Crippen MR) is 81.8 cm³/mol. The van der Waals surface area contributed by atoms with E-state index in [1.165, 1.54) is 16.5 Å². The summed E-state index contributed by atoms with van der Waals surface area (Å²) in [6.45, 7) is 6.30. The highest BCUT2D eigenvalue weighted by Crippen LogP contribution is 2.41. The topological polar surface area (TPSA) is 12.5 Å². The second kappa shape index (κ2) is 5.61. The van der Waals surface area contributed by atoms with Crippen LogP contribution in [-0.4, -0.2) is 20.2 Å². The van der Waals surface area contributed by atoms with Gasteiger partial charge >= 0.3 is 0 Å². The van der Waals surface area contributed by atoms with Crippen molar-refractivity contribution in [3.8, 4) is 5.75 Å². The zero-order chi connectivity index (χ0) is 13.1. The van der Waals surface area contributed by atoms with Crippen LogP contribution in [0.3, 0.4) is 0 Å². The van der Waals surface area contributed by atoms with Gasteiger partial charge in [0.2, 0.25) is 0 Å². The third kappa shape index (κ3) is 2.19. The summed E-state index contributed by atoms with van der Waals surface area (Å²) in [7, 11) is 1.71. The number of rotatable bonds is 4. The van der Waals surface area contributed by atoms with Crippen LogP contribution in [0, 0.1) is 0 Å². The van der Waals surface area contributed by atoms with Gasteiger partial charge in [-0.1, -0.05) is 24.3 Å². The van der Waals surface area contributed by atoms with Gasteiger partial charge in [0.1, 0.15) is 5.75 Å². The molecule has 2 aromatic rings. The van der Waals surface area contributed by atoms with Gasteiger partial charge in [0.25, 0.3) is 0 Å². The first-order chi connectivity index (χ1) is 8.72. The highest BCUT2D eigenvalue weighted by molar-refractivity contribution is 9.10. The Labute approximate surface area is 117 Å². The van der Waals surface area contributed by atoms with E-state index in [0.29, 0.717) is 0 Å². The largest absolute Gasteiger partial charge is 0.495 e. The van der Waals surface area contributed by atoms with Crippen LogP contribution in [0.5, 0.6) is 5.75 Å². The molecule has 2 rings (SSSR count). The number of nitrogens with zero attached hydrogens (tertiary/aromatic N) is 1. The molecule has 0 aliphatic rings. The maximum Gasteiger partial charge on any atom is 0.135 e. The molecule has 0 radical (unpaired) electrons. The lowest BCUT2D eigenvalue weighted by Gasteiger charge is -2.25. The first-order valence-electron chi connectivity index (χ1n) is 6.23. The van der Waals surface area contributed by atoms with E-state index in [1.807, 2.05) is 0 Å². The van der Waals surface area contributed by atoms with Crippen LogP contribution in [0.2, 0.25) is 0 Å². The second-order valence-electron chi connectivity index (χ2n) is 4.13. The lowest BCUT2D eigenvalue weighted by Crippen LogP contribution is -2.22. The van der Waals surface area contributed by atoms with E-state index in [0.717, 1.165) is 23.3 Å². The number of hydrogen-bond acceptors (Lipinski definition) is 2. The molecule has 0 N–H and O–H groups in total. The molecule has 0 spiro atoms. The fraction of sp³-hybridized carbons (Fsp3) is 0.333. The van der Waals surface area contributed by atoms with Gasteiger partial charge in [-0.15, -0.1) is 0 Å². The van der Waals surface area contributed by atoms with Gasteiger partial charge in [-0.25, -0.2) is 0 Å². The summed E-state index contributed by atoms with van der Waals surface area (Å²) in [6.07, 6.45) is 0. The highest BCUT2D eigenvalue weighted by Gasteiger charge is 2.15. The second-order valence-corrected chi connectivity index (χ2v) is 4.93. The molecule has 0 heterocycles. The van der Waals surface area contributed by atoms with Gasteiger partial charge < -0.3 is 9.64 Å². The average Bonchev–Trinajstić information content (AvgIpc) is 2.42. The van der Waals surface area contributed by atoms with Crippen molar-refractivity contribution in [1.82, 2.24) is 0 Å². The van der Waals surface area contributed by atoms with Crippen LogP contribution in [0.15, 0.2) is 34.8 Å². The Balaban J connectivity index is 2.77. The average molecular weight is 308 g/mol. The van der Waals surface area contributed by atoms with Crippen molar-refractivity contribution in [2.75, 3.05) is 25.1 Å². The van der Waals surface area contributed by atoms with E-state index in [1.54, 1.807) is 7.11 Å². The van der Waals surface area contributed by atoms with E-state index in [2.05, 4.69) is 65.0 Å². The van der Waals surface area contributed by atoms with Crippen LogP contribution < -0.4 is 9.64 Å². The fourth-order valence-corrected chi connectivity index (χ4v) is 3.02. The van der Waals surface area contributed by atoms with E-state index in [4.69, 9.17) is 4.74 Å². The highest BCUT2D eigenvalue weighted by atomic mass is 79.9. The first kappa shape index (κ1) is 13.2. The Morgan fingerprint density at radius 1 is 1.17 bits per heavy atom. The fourth-order valence-electron chi connectivity index (χ4n) is 2.28. The molecule has 0 unspecified atom stereocenters.